The van der Waals surface area contributed by atoms with Gasteiger partial charge in [-0.1, -0.05) is 67.1 Å². The summed E-state index contributed by atoms with van der Waals surface area (Å²) in [6.07, 6.45) is 4.80. The van der Waals surface area contributed by atoms with Crippen molar-refractivity contribution in [1.29, 1.82) is 0 Å². The molecular formula is C23H27Cl2Zr-. The Bertz CT molecular complexity index is 829. The van der Waals surface area contributed by atoms with Crippen LogP contribution in [0.5, 0.6) is 0 Å². The Hall–Kier alpha value is -0.487. The monoisotopic (exact) mass is 463 g/mol. The van der Waals surface area contributed by atoms with E-state index in [-0.39, 0.29) is 0 Å². The normalized spacial score (nSPS) is 10.5. The van der Waals surface area contributed by atoms with Gasteiger partial charge in [0.25, 0.3) is 0 Å². The van der Waals surface area contributed by atoms with Gasteiger partial charge in [0.2, 0.25) is 0 Å². The van der Waals surface area contributed by atoms with E-state index in [1.54, 1.807) is 0 Å². The molecule has 0 aromatic heterocycles. The second-order valence-corrected chi connectivity index (χ2v) is 10.6. The molecule has 0 spiro atoms. The summed E-state index contributed by atoms with van der Waals surface area (Å²) in [6.45, 7) is 8.91. The van der Waals surface area contributed by atoms with Crippen LogP contribution in [0.2, 0.25) is 0 Å². The average Bonchev–Trinajstić information content (AvgIpc) is 3.01. The molecule has 0 unspecified atom stereocenters. The molecular weight excluding hydrogens is 438 g/mol. The van der Waals surface area contributed by atoms with Crippen LogP contribution >= 0.6 is 17.0 Å². The Balaban J connectivity index is 0.000000758. The Morgan fingerprint density at radius 3 is 2.19 bits per heavy atom. The third-order valence-corrected chi connectivity index (χ3v) is 4.75. The van der Waals surface area contributed by atoms with Crippen molar-refractivity contribution >= 4 is 27.8 Å². The van der Waals surface area contributed by atoms with E-state index in [4.69, 9.17) is 17.0 Å². The maximum atomic E-state index is 4.93. The molecule has 0 bridgehead atoms. The second kappa shape index (κ2) is 10.7. The fourth-order valence-electron chi connectivity index (χ4n) is 3.67. The minimum atomic E-state index is -0.826. The van der Waals surface area contributed by atoms with Crippen LogP contribution in [0.25, 0.3) is 21.9 Å². The fourth-order valence-corrected chi connectivity index (χ4v) is 3.67. The average molecular weight is 466 g/mol. The van der Waals surface area contributed by atoms with Crippen LogP contribution < -0.4 is 0 Å². The van der Waals surface area contributed by atoms with Gasteiger partial charge < -0.3 is 0 Å². The summed E-state index contributed by atoms with van der Waals surface area (Å²) in [6, 6.07) is 16.4. The van der Waals surface area contributed by atoms with E-state index in [1.165, 1.54) is 63.4 Å². The van der Waals surface area contributed by atoms with Crippen LogP contribution in [0.4, 0.5) is 0 Å². The molecule has 0 N–H and O–H groups in total. The summed E-state index contributed by atoms with van der Waals surface area (Å²) >= 11 is -0.826. The van der Waals surface area contributed by atoms with Crippen molar-refractivity contribution in [3.63, 3.8) is 0 Å². The first-order valence-corrected chi connectivity index (χ1v) is 15.6. The zero-order valence-electron chi connectivity index (χ0n) is 16.1. The van der Waals surface area contributed by atoms with Crippen LogP contribution in [-0.4, -0.2) is 0 Å². The third-order valence-electron chi connectivity index (χ3n) is 4.75. The predicted octanol–water partition coefficient (Wildman–Crippen LogP) is 8.12. The molecule has 3 aromatic carbocycles. The molecule has 0 aliphatic carbocycles. The Labute approximate surface area is 176 Å². The van der Waals surface area contributed by atoms with E-state index in [9.17, 15) is 0 Å². The number of halogens is 2. The van der Waals surface area contributed by atoms with Crippen molar-refractivity contribution in [3.8, 4) is 11.1 Å². The number of rotatable bonds is 5. The van der Waals surface area contributed by atoms with E-state index in [0.717, 1.165) is 6.42 Å². The molecule has 0 nitrogen and oxygen atoms in total. The number of hydrogen-bond acceptors (Lipinski definition) is 0. The van der Waals surface area contributed by atoms with Gasteiger partial charge >= 0.3 is 37.9 Å². The molecule has 0 aliphatic heterocycles. The van der Waals surface area contributed by atoms with Crippen molar-refractivity contribution in [2.24, 2.45) is 0 Å². The maximum absolute atomic E-state index is 4.93. The quantitative estimate of drug-likeness (QED) is 0.334. The summed E-state index contributed by atoms with van der Waals surface area (Å²) < 4.78 is 0. The van der Waals surface area contributed by atoms with Crippen molar-refractivity contribution in [2.75, 3.05) is 0 Å². The third kappa shape index (κ3) is 5.51. The first-order chi connectivity index (χ1) is 12.5. The molecule has 0 fully saturated rings. The number of benzene rings is 2. The van der Waals surface area contributed by atoms with Crippen molar-refractivity contribution in [1.82, 2.24) is 0 Å². The number of hydrogen-bond donors (Lipinski definition) is 0. The summed E-state index contributed by atoms with van der Waals surface area (Å²) in [7, 11) is 9.87. The second-order valence-electron chi connectivity index (χ2n) is 6.87. The SMILES string of the molecule is CCCCc1cc2c(-c3cc(C)cc(C)c3)c(CC)ccc2[cH-]1.[Cl][Zr][Cl]. The Morgan fingerprint density at radius 1 is 0.962 bits per heavy atom. The molecule has 26 heavy (non-hydrogen) atoms. The van der Waals surface area contributed by atoms with Gasteiger partial charge in [0.15, 0.2) is 0 Å². The van der Waals surface area contributed by atoms with Gasteiger partial charge in [0, 0.05) is 0 Å². The Kier molecular flexibility index (Phi) is 9.01. The van der Waals surface area contributed by atoms with Gasteiger partial charge in [-0.15, -0.1) is 34.5 Å². The van der Waals surface area contributed by atoms with Crippen LogP contribution in [0.15, 0.2) is 42.5 Å². The van der Waals surface area contributed by atoms with Crippen molar-refractivity contribution < 1.29 is 20.8 Å². The zero-order valence-corrected chi connectivity index (χ0v) is 20.1. The molecule has 0 heterocycles. The number of fused-ring (bicyclic) bond motifs is 1. The van der Waals surface area contributed by atoms with Crippen LogP contribution in [0.1, 0.15) is 48.9 Å². The van der Waals surface area contributed by atoms with Gasteiger partial charge in [-0.3, -0.25) is 0 Å². The van der Waals surface area contributed by atoms with E-state index in [2.05, 4.69) is 70.2 Å². The van der Waals surface area contributed by atoms with Crippen molar-refractivity contribution in [3.05, 3.63) is 64.7 Å². The van der Waals surface area contributed by atoms with E-state index >= 15 is 0 Å². The topological polar surface area (TPSA) is 0 Å². The molecule has 0 aliphatic rings. The Morgan fingerprint density at radius 2 is 1.62 bits per heavy atom. The van der Waals surface area contributed by atoms with Gasteiger partial charge in [0.1, 0.15) is 0 Å². The summed E-state index contributed by atoms with van der Waals surface area (Å²) in [5.41, 5.74) is 8.45. The molecule has 0 radical (unpaired) electrons. The molecule has 3 aromatic rings. The summed E-state index contributed by atoms with van der Waals surface area (Å²) in [5.74, 6) is 0. The van der Waals surface area contributed by atoms with Gasteiger partial charge in [-0.05, 0) is 32.3 Å². The summed E-state index contributed by atoms with van der Waals surface area (Å²) in [5, 5.41) is 2.82. The first-order valence-electron chi connectivity index (χ1n) is 9.30. The van der Waals surface area contributed by atoms with Crippen LogP contribution in [0.3, 0.4) is 0 Å². The van der Waals surface area contributed by atoms with E-state index in [0.29, 0.717) is 0 Å². The minimum absolute atomic E-state index is 0.826. The molecule has 0 amide bonds. The van der Waals surface area contributed by atoms with Crippen LogP contribution in [0, 0.1) is 13.8 Å². The predicted molar refractivity (Wildman–Crippen MR) is 114 cm³/mol. The fraction of sp³-hybridized carbons (Fsp3) is 0.348. The molecule has 3 rings (SSSR count). The van der Waals surface area contributed by atoms with Gasteiger partial charge in [0.05, 0.1) is 0 Å². The first kappa shape index (κ1) is 21.8. The molecule has 3 heteroatoms. The van der Waals surface area contributed by atoms with Gasteiger partial charge in [-0.2, -0.15) is 6.07 Å². The standard InChI is InChI=1S/C23H27.2ClH.Zr/c1-5-7-8-18-14-20-10-9-19(6-2)23(22(20)15-18)21-12-16(3)11-17(4)13-21;;;/h9-15H,5-8H2,1-4H3;2*1H;/q-1;;;+2/p-2. The summed E-state index contributed by atoms with van der Waals surface area (Å²) in [4.78, 5) is 0. The van der Waals surface area contributed by atoms with E-state index in [1.807, 2.05) is 0 Å². The zero-order chi connectivity index (χ0) is 19.1. The van der Waals surface area contributed by atoms with E-state index < -0.39 is 20.8 Å². The number of aryl methyl sites for hydroxylation is 4. The van der Waals surface area contributed by atoms with Crippen LogP contribution in [-0.2, 0) is 33.7 Å². The van der Waals surface area contributed by atoms with Gasteiger partial charge in [-0.25, -0.2) is 0 Å². The molecule has 0 saturated carbocycles. The van der Waals surface area contributed by atoms with Crippen molar-refractivity contribution in [2.45, 2.75) is 53.4 Å². The molecule has 0 saturated heterocycles. The molecule has 138 valence electrons. The number of unbranched alkanes of at least 4 members (excludes halogenated alkanes) is 1. The molecule has 0 atom stereocenters.